The fraction of sp³-hybridized carbons (Fsp3) is 0.300. The van der Waals surface area contributed by atoms with Crippen LogP contribution in [-0.2, 0) is 21.2 Å². The summed E-state index contributed by atoms with van der Waals surface area (Å²) in [6, 6.07) is 10.6. The first-order valence-corrected chi connectivity index (χ1v) is 11.9. The summed E-state index contributed by atoms with van der Waals surface area (Å²) < 4.78 is 32.4. The summed E-state index contributed by atoms with van der Waals surface area (Å²) in [6.07, 6.45) is 0.118. The van der Waals surface area contributed by atoms with E-state index in [9.17, 15) is 23.3 Å². The van der Waals surface area contributed by atoms with E-state index in [1.165, 1.54) is 42.7 Å². The Hall–Kier alpha value is -3.05. The van der Waals surface area contributed by atoms with Gasteiger partial charge in [0.1, 0.15) is 5.75 Å². The third-order valence-electron chi connectivity index (χ3n) is 4.64. The molecule has 0 spiro atoms. The third-order valence-corrected chi connectivity index (χ3v) is 7.49. The van der Waals surface area contributed by atoms with Crippen molar-refractivity contribution >= 4 is 43.0 Å². The monoisotopic (exact) mass is 463 g/mol. The number of methoxy groups -OCH3 is 1. The summed E-state index contributed by atoms with van der Waals surface area (Å²) in [5, 5.41) is 11.0. The number of hydrogen-bond donors (Lipinski definition) is 0. The zero-order valence-electron chi connectivity index (χ0n) is 17.0. The van der Waals surface area contributed by atoms with Crippen molar-refractivity contribution in [2.75, 3.05) is 12.9 Å². The van der Waals surface area contributed by atoms with Crippen molar-refractivity contribution in [2.24, 2.45) is 4.99 Å². The lowest BCUT2D eigenvalue weighted by Gasteiger charge is -2.05. The molecule has 0 saturated carbocycles. The van der Waals surface area contributed by atoms with Crippen LogP contribution in [0.15, 0.2) is 52.4 Å². The van der Waals surface area contributed by atoms with E-state index in [1.807, 2.05) is 6.92 Å². The Morgan fingerprint density at radius 3 is 2.55 bits per heavy atom. The molecular formula is C20H21N3O6S2. The second-order valence-electron chi connectivity index (χ2n) is 6.64. The molecule has 3 aromatic rings. The van der Waals surface area contributed by atoms with E-state index in [2.05, 4.69) is 4.99 Å². The minimum atomic E-state index is -3.52. The van der Waals surface area contributed by atoms with Gasteiger partial charge in [0.05, 0.1) is 32.9 Å². The molecule has 2 aromatic carbocycles. The maximum Gasteiger partial charge on any atom is 0.270 e. The van der Waals surface area contributed by atoms with E-state index in [1.54, 1.807) is 22.8 Å². The summed E-state index contributed by atoms with van der Waals surface area (Å²) in [7, 11) is -2.02. The fourth-order valence-corrected chi connectivity index (χ4v) is 5.50. The quantitative estimate of drug-likeness (QED) is 0.373. The number of aromatic nitrogens is 1. The van der Waals surface area contributed by atoms with Crippen molar-refractivity contribution in [1.82, 2.24) is 4.57 Å². The number of carbonyl (C=O) groups is 1. The molecule has 0 saturated heterocycles. The van der Waals surface area contributed by atoms with Gasteiger partial charge in [0.2, 0.25) is 5.91 Å². The zero-order valence-corrected chi connectivity index (χ0v) is 18.6. The second-order valence-corrected chi connectivity index (χ2v) is 9.76. The number of aryl methyl sites for hydroxylation is 1. The van der Waals surface area contributed by atoms with Crippen LogP contribution < -0.4 is 9.54 Å². The molecule has 1 heterocycles. The maximum atomic E-state index is 12.4. The molecule has 9 nitrogen and oxygen atoms in total. The van der Waals surface area contributed by atoms with Gasteiger partial charge in [0.15, 0.2) is 14.6 Å². The number of nitro groups is 1. The first kappa shape index (κ1) is 22.6. The Morgan fingerprint density at radius 1 is 1.23 bits per heavy atom. The normalized spacial score (nSPS) is 12.3. The van der Waals surface area contributed by atoms with Crippen LogP contribution in [0.5, 0.6) is 5.75 Å². The Balaban J connectivity index is 1.73. The number of ether oxygens (including phenoxy) is 1. The van der Waals surface area contributed by atoms with E-state index in [0.717, 1.165) is 5.52 Å². The highest BCUT2D eigenvalue weighted by molar-refractivity contribution is 7.91. The fourth-order valence-electron chi connectivity index (χ4n) is 3.04. The summed E-state index contributed by atoms with van der Waals surface area (Å²) in [4.78, 5) is 27.6. The van der Waals surface area contributed by atoms with Crippen LogP contribution in [0.25, 0.3) is 10.2 Å². The van der Waals surface area contributed by atoms with Gasteiger partial charge >= 0.3 is 0 Å². The van der Waals surface area contributed by atoms with E-state index in [-0.39, 0.29) is 29.2 Å². The van der Waals surface area contributed by atoms with Gasteiger partial charge in [-0.25, -0.2) is 8.42 Å². The maximum absolute atomic E-state index is 12.4. The highest BCUT2D eigenvalue weighted by atomic mass is 32.2. The van der Waals surface area contributed by atoms with Crippen molar-refractivity contribution < 1.29 is 22.9 Å². The highest BCUT2D eigenvalue weighted by Crippen LogP contribution is 2.23. The number of sulfone groups is 1. The standard InChI is InChI=1S/C20H21N3O6S2/c1-3-22-17-11-6-14(23(25)26)13-18(17)30-20(22)21-19(24)5-4-12-31(27,28)16-9-7-15(29-2)8-10-16/h6-11,13H,3-5,12H2,1-2H3. The Labute approximate surface area is 182 Å². The summed E-state index contributed by atoms with van der Waals surface area (Å²) in [5.41, 5.74) is 0.727. The molecule has 0 aliphatic heterocycles. The number of thiazole rings is 1. The van der Waals surface area contributed by atoms with Gasteiger partial charge in [0.25, 0.3) is 5.69 Å². The summed E-state index contributed by atoms with van der Waals surface area (Å²) in [6.45, 7) is 2.42. The van der Waals surface area contributed by atoms with Crippen molar-refractivity contribution in [1.29, 1.82) is 0 Å². The van der Waals surface area contributed by atoms with Crippen LogP contribution in [0.4, 0.5) is 5.69 Å². The number of fused-ring (bicyclic) bond motifs is 1. The van der Waals surface area contributed by atoms with E-state index < -0.39 is 20.7 Å². The van der Waals surface area contributed by atoms with Gasteiger partial charge in [-0.2, -0.15) is 4.99 Å². The van der Waals surface area contributed by atoms with Crippen LogP contribution in [-0.4, -0.2) is 36.7 Å². The van der Waals surface area contributed by atoms with Gasteiger partial charge in [0, 0.05) is 25.1 Å². The average molecular weight is 464 g/mol. The minimum absolute atomic E-state index is 0.0203. The number of benzene rings is 2. The molecule has 11 heteroatoms. The largest absolute Gasteiger partial charge is 0.497 e. The van der Waals surface area contributed by atoms with Gasteiger partial charge in [-0.05, 0) is 43.7 Å². The predicted molar refractivity (Wildman–Crippen MR) is 117 cm³/mol. The molecule has 3 rings (SSSR count). The lowest BCUT2D eigenvalue weighted by Crippen LogP contribution is -2.16. The van der Waals surface area contributed by atoms with Crippen LogP contribution in [0.3, 0.4) is 0 Å². The number of non-ortho nitro benzene ring substituents is 1. The minimum Gasteiger partial charge on any atom is -0.497 e. The Bertz CT molecular complexity index is 1290. The topological polar surface area (TPSA) is 121 Å². The molecule has 0 radical (unpaired) electrons. The SMILES string of the molecule is CCn1c(=NC(=O)CCCS(=O)(=O)c2ccc(OC)cc2)sc2cc([N+](=O)[O-])ccc21. The molecular weight excluding hydrogens is 442 g/mol. The number of nitro benzene ring substituents is 1. The average Bonchev–Trinajstić information content (AvgIpc) is 3.09. The van der Waals surface area contributed by atoms with Crippen LogP contribution >= 0.6 is 11.3 Å². The number of rotatable bonds is 8. The van der Waals surface area contributed by atoms with Gasteiger partial charge in [-0.1, -0.05) is 11.3 Å². The molecule has 0 N–H and O–H groups in total. The highest BCUT2D eigenvalue weighted by Gasteiger charge is 2.16. The molecule has 0 aliphatic rings. The number of amides is 1. The smallest absolute Gasteiger partial charge is 0.270 e. The lowest BCUT2D eigenvalue weighted by atomic mass is 10.3. The molecule has 0 aliphatic carbocycles. The lowest BCUT2D eigenvalue weighted by molar-refractivity contribution is -0.384. The van der Waals surface area contributed by atoms with Crippen molar-refractivity contribution in [2.45, 2.75) is 31.2 Å². The number of carbonyl (C=O) groups excluding carboxylic acids is 1. The van der Waals surface area contributed by atoms with Crippen LogP contribution in [0, 0.1) is 10.1 Å². The molecule has 0 bridgehead atoms. The van der Waals surface area contributed by atoms with E-state index >= 15 is 0 Å². The third kappa shape index (κ3) is 5.17. The van der Waals surface area contributed by atoms with Gasteiger partial charge in [-0.3, -0.25) is 14.9 Å². The first-order valence-electron chi connectivity index (χ1n) is 9.47. The van der Waals surface area contributed by atoms with Crippen LogP contribution in [0.2, 0.25) is 0 Å². The van der Waals surface area contributed by atoms with E-state index in [0.29, 0.717) is 21.8 Å². The molecule has 31 heavy (non-hydrogen) atoms. The number of hydrogen-bond acceptors (Lipinski definition) is 7. The van der Waals surface area contributed by atoms with Crippen molar-refractivity contribution in [3.63, 3.8) is 0 Å². The Kier molecular flexibility index (Phi) is 6.86. The van der Waals surface area contributed by atoms with E-state index in [4.69, 9.17) is 4.74 Å². The van der Waals surface area contributed by atoms with Crippen molar-refractivity contribution in [3.8, 4) is 5.75 Å². The zero-order chi connectivity index (χ0) is 22.6. The molecule has 164 valence electrons. The molecule has 1 aromatic heterocycles. The summed E-state index contributed by atoms with van der Waals surface area (Å²) in [5.74, 6) is -0.0496. The second kappa shape index (κ2) is 9.40. The molecule has 0 unspecified atom stereocenters. The molecule has 0 fully saturated rings. The van der Waals surface area contributed by atoms with Crippen LogP contribution in [0.1, 0.15) is 19.8 Å². The Morgan fingerprint density at radius 2 is 1.94 bits per heavy atom. The van der Waals surface area contributed by atoms with Crippen molar-refractivity contribution in [3.05, 3.63) is 57.4 Å². The molecule has 1 amide bonds. The summed E-state index contributed by atoms with van der Waals surface area (Å²) >= 11 is 1.19. The number of nitrogens with zero attached hydrogens (tertiary/aromatic N) is 3. The predicted octanol–water partition coefficient (Wildman–Crippen LogP) is 3.32. The molecule has 0 atom stereocenters. The van der Waals surface area contributed by atoms with Gasteiger partial charge in [-0.15, -0.1) is 0 Å². The van der Waals surface area contributed by atoms with Gasteiger partial charge < -0.3 is 9.30 Å². The first-order chi connectivity index (χ1) is 14.7.